The Labute approximate surface area is 107 Å². The minimum atomic E-state index is -0.647. The van der Waals surface area contributed by atoms with Crippen LogP contribution in [-0.2, 0) is 4.79 Å². The van der Waals surface area contributed by atoms with Gasteiger partial charge >= 0.3 is 5.97 Å². The number of aliphatic carboxylic acids is 1. The van der Waals surface area contributed by atoms with Crippen LogP contribution in [0.25, 0.3) is 0 Å². The van der Waals surface area contributed by atoms with Crippen LogP contribution in [-0.4, -0.2) is 27.6 Å². The van der Waals surface area contributed by atoms with Gasteiger partial charge in [-0.05, 0) is 38.5 Å². The van der Waals surface area contributed by atoms with E-state index in [0.717, 1.165) is 43.7 Å². The molecule has 1 saturated carbocycles. The van der Waals surface area contributed by atoms with E-state index < -0.39 is 5.97 Å². The first kappa shape index (κ1) is 12.8. The van der Waals surface area contributed by atoms with Crippen molar-refractivity contribution in [3.8, 4) is 0 Å². The summed E-state index contributed by atoms with van der Waals surface area (Å²) in [6.07, 6.45) is 6.89. The molecule has 0 aliphatic heterocycles. The van der Waals surface area contributed by atoms with Crippen molar-refractivity contribution in [2.45, 2.75) is 32.6 Å². The third kappa shape index (κ3) is 3.18. The highest BCUT2D eigenvalue weighted by molar-refractivity contribution is 5.70. The number of nitrogens with one attached hydrogen (secondary N) is 1. The predicted molar refractivity (Wildman–Crippen MR) is 68.3 cm³/mol. The van der Waals surface area contributed by atoms with Gasteiger partial charge in [-0.15, -0.1) is 0 Å². The number of carbonyl (C=O) groups is 1. The van der Waals surface area contributed by atoms with Gasteiger partial charge in [-0.3, -0.25) is 9.78 Å². The molecule has 1 heterocycles. The molecule has 98 valence electrons. The van der Waals surface area contributed by atoms with Crippen LogP contribution in [0.5, 0.6) is 0 Å². The summed E-state index contributed by atoms with van der Waals surface area (Å²) in [5.74, 6) is 0.588. The fourth-order valence-corrected chi connectivity index (χ4v) is 2.44. The molecule has 0 bridgehead atoms. The Morgan fingerprint density at radius 1 is 1.33 bits per heavy atom. The van der Waals surface area contributed by atoms with Crippen molar-refractivity contribution >= 4 is 11.8 Å². The third-order valence-corrected chi connectivity index (χ3v) is 3.64. The number of anilines is 1. The SMILES string of the molecule is Cc1nccnc1NCC1CCC(C(=O)O)CC1. The number of aryl methyl sites for hydroxylation is 1. The van der Waals surface area contributed by atoms with E-state index in [1.54, 1.807) is 12.4 Å². The van der Waals surface area contributed by atoms with E-state index in [1.807, 2.05) is 6.92 Å². The lowest BCUT2D eigenvalue weighted by molar-refractivity contribution is -0.143. The second-order valence-corrected chi connectivity index (χ2v) is 4.93. The molecule has 1 aromatic rings. The summed E-state index contributed by atoms with van der Waals surface area (Å²) in [6, 6.07) is 0. The number of hydrogen-bond donors (Lipinski definition) is 2. The maximum Gasteiger partial charge on any atom is 0.306 e. The van der Waals surface area contributed by atoms with Gasteiger partial charge in [0.15, 0.2) is 0 Å². The van der Waals surface area contributed by atoms with Crippen LogP contribution in [0, 0.1) is 18.8 Å². The zero-order valence-electron chi connectivity index (χ0n) is 10.6. The fraction of sp³-hybridized carbons (Fsp3) is 0.615. The number of carboxylic acids is 1. The topological polar surface area (TPSA) is 75.1 Å². The molecule has 2 rings (SSSR count). The van der Waals surface area contributed by atoms with Crippen molar-refractivity contribution in [1.82, 2.24) is 9.97 Å². The van der Waals surface area contributed by atoms with Crippen molar-refractivity contribution in [2.75, 3.05) is 11.9 Å². The van der Waals surface area contributed by atoms with E-state index in [2.05, 4.69) is 15.3 Å². The summed E-state index contributed by atoms with van der Waals surface area (Å²) in [6.45, 7) is 2.78. The quantitative estimate of drug-likeness (QED) is 0.854. The fourth-order valence-electron chi connectivity index (χ4n) is 2.44. The monoisotopic (exact) mass is 249 g/mol. The number of rotatable bonds is 4. The summed E-state index contributed by atoms with van der Waals surface area (Å²) < 4.78 is 0. The van der Waals surface area contributed by atoms with Crippen LogP contribution in [0.4, 0.5) is 5.82 Å². The molecule has 1 fully saturated rings. The number of aromatic nitrogens is 2. The summed E-state index contributed by atoms with van der Waals surface area (Å²) in [5.41, 5.74) is 0.900. The zero-order chi connectivity index (χ0) is 13.0. The van der Waals surface area contributed by atoms with Crippen molar-refractivity contribution in [2.24, 2.45) is 11.8 Å². The first-order valence-electron chi connectivity index (χ1n) is 6.41. The normalized spacial score (nSPS) is 23.6. The Hall–Kier alpha value is -1.65. The minimum Gasteiger partial charge on any atom is -0.481 e. The molecule has 0 atom stereocenters. The van der Waals surface area contributed by atoms with Gasteiger partial charge in [0, 0.05) is 18.9 Å². The average Bonchev–Trinajstić information content (AvgIpc) is 2.38. The van der Waals surface area contributed by atoms with E-state index in [-0.39, 0.29) is 5.92 Å². The summed E-state index contributed by atoms with van der Waals surface area (Å²) >= 11 is 0. The van der Waals surface area contributed by atoms with Gasteiger partial charge in [0.2, 0.25) is 0 Å². The van der Waals surface area contributed by atoms with Crippen LogP contribution in [0.3, 0.4) is 0 Å². The van der Waals surface area contributed by atoms with Crippen LogP contribution < -0.4 is 5.32 Å². The van der Waals surface area contributed by atoms with Gasteiger partial charge in [-0.2, -0.15) is 0 Å². The molecule has 5 nitrogen and oxygen atoms in total. The first-order chi connectivity index (χ1) is 8.66. The second kappa shape index (κ2) is 5.80. The Bertz CT molecular complexity index is 414. The molecule has 2 N–H and O–H groups in total. The molecule has 5 heteroatoms. The van der Waals surface area contributed by atoms with Gasteiger partial charge in [0.1, 0.15) is 5.82 Å². The van der Waals surface area contributed by atoms with Crippen molar-refractivity contribution in [3.63, 3.8) is 0 Å². The molecule has 1 aliphatic rings. The highest BCUT2D eigenvalue weighted by Crippen LogP contribution is 2.29. The highest BCUT2D eigenvalue weighted by Gasteiger charge is 2.25. The van der Waals surface area contributed by atoms with Crippen LogP contribution >= 0.6 is 0 Å². The predicted octanol–water partition coefficient (Wildman–Crippen LogP) is 2.09. The molecule has 0 radical (unpaired) electrons. The number of carboxylic acid groups (broad SMARTS) is 1. The van der Waals surface area contributed by atoms with Gasteiger partial charge in [0.25, 0.3) is 0 Å². The molecule has 1 aliphatic carbocycles. The molecule has 0 spiro atoms. The van der Waals surface area contributed by atoms with Crippen molar-refractivity contribution in [1.29, 1.82) is 0 Å². The maximum atomic E-state index is 10.9. The molecule has 0 aromatic carbocycles. The lowest BCUT2D eigenvalue weighted by Gasteiger charge is -2.26. The first-order valence-corrected chi connectivity index (χ1v) is 6.41. The lowest BCUT2D eigenvalue weighted by Crippen LogP contribution is -2.25. The smallest absolute Gasteiger partial charge is 0.306 e. The standard InChI is InChI=1S/C13H19N3O2/c1-9-12(15-7-6-14-9)16-8-10-2-4-11(5-3-10)13(17)18/h6-7,10-11H,2-5,8H2,1H3,(H,15,16)(H,17,18). The maximum absolute atomic E-state index is 10.9. The van der Waals surface area contributed by atoms with Crippen molar-refractivity contribution < 1.29 is 9.90 Å². The Balaban J connectivity index is 1.79. The van der Waals surface area contributed by atoms with E-state index in [0.29, 0.717) is 5.92 Å². The molecular formula is C13H19N3O2. The summed E-state index contributed by atoms with van der Waals surface area (Å²) in [5, 5.41) is 12.2. The molecule has 0 unspecified atom stereocenters. The minimum absolute atomic E-state index is 0.139. The number of nitrogens with zero attached hydrogens (tertiary/aromatic N) is 2. The van der Waals surface area contributed by atoms with E-state index >= 15 is 0 Å². The molecular weight excluding hydrogens is 230 g/mol. The average molecular weight is 249 g/mol. The number of hydrogen-bond acceptors (Lipinski definition) is 4. The second-order valence-electron chi connectivity index (χ2n) is 4.93. The van der Waals surface area contributed by atoms with Crippen molar-refractivity contribution in [3.05, 3.63) is 18.1 Å². The van der Waals surface area contributed by atoms with Gasteiger partial charge in [-0.25, -0.2) is 4.98 Å². The van der Waals surface area contributed by atoms with Gasteiger partial charge < -0.3 is 10.4 Å². The molecule has 0 amide bonds. The summed E-state index contributed by atoms with van der Waals surface area (Å²) in [7, 11) is 0. The molecule has 1 aromatic heterocycles. The van der Waals surface area contributed by atoms with E-state index in [1.165, 1.54) is 0 Å². The zero-order valence-corrected chi connectivity index (χ0v) is 10.6. The van der Waals surface area contributed by atoms with E-state index in [9.17, 15) is 4.79 Å². The van der Waals surface area contributed by atoms with Crippen LogP contribution in [0.1, 0.15) is 31.4 Å². The largest absolute Gasteiger partial charge is 0.481 e. The third-order valence-electron chi connectivity index (χ3n) is 3.64. The van der Waals surface area contributed by atoms with Gasteiger partial charge in [0.05, 0.1) is 11.6 Å². The Morgan fingerprint density at radius 2 is 2.00 bits per heavy atom. The van der Waals surface area contributed by atoms with Crippen LogP contribution in [0.2, 0.25) is 0 Å². The van der Waals surface area contributed by atoms with Gasteiger partial charge in [-0.1, -0.05) is 0 Å². The lowest BCUT2D eigenvalue weighted by atomic mass is 9.82. The van der Waals surface area contributed by atoms with E-state index in [4.69, 9.17) is 5.11 Å². The highest BCUT2D eigenvalue weighted by atomic mass is 16.4. The Morgan fingerprint density at radius 3 is 2.61 bits per heavy atom. The summed E-state index contributed by atoms with van der Waals surface area (Å²) in [4.78, 5) is 19.3. The van der Waals surface area contributed by atoms with Crippen LogP contribution in [0.15, 0.2) is 12.4 Å². The molecule has 0 saturated heterocycles. The molecule has 18 heavy (non-hydrogen) atoms. The Kier molecular flexibility index (Phi) is 4.12.